The first kappa shape index (κ1) is 10.6. The molecule has 2 aromatic carbocycles. The molecule has 1 nitrogen and oxygen atoms in total. The number of benzene rings is 2. The zero-order chi connectivity index (χ0) is 11.6. The van der Waals surface area contributed by atoms with Gasteiger partial charge in [0.05, 0.1) is 6.07 Å². The number of alkyl halides is 2. The first-order valence-electron chi connectivity index (χ1n) is 4.87. The molecule has 0 fully saturated rings. The molecule has 2 aromatic rings. The Labute approximate surface area is 91.9 Å². The van der Waals surface area contributed by atoms with Crippen LogP contribution >= 0.6 is 0 Å². The maximum absolute atomic E-state index is 13.5. The van der Waals surface area contributed by atoms with Gasteiger partial charge in [0.25, 0.3) is 5.92 Å². The van der Waals surface area contributed by atoms with Crippen molar-refractivity contribution in [3.63, 3.8) is 0 Å². The van der Waals surface area contributed by atoms with Crippen molar-refractivity contribution in [1.29, 1.82) is 5.26 Å². The van der Waals surface area contributed by atoms with E-state index in [9.17, 15) is 8.78 Å². The molecule has 0 N–H and O–H groups in total. The monoisotopic (exact) mass is 217 g/mol. The molecule has 0 aliphatic heterocycles. The molecule has 0 unspecified atom stereocenters. The highest BCUT2D eigenvalue weighted by atomic mass is 19.3. The van der Waals surface area contributed by atoms with Gasteiger partial charge in [-0.3, -0.25) is 0 Å². The minimum atomic E-state index is -3.07. The van der Waals surface area contributed by atoms with Crippen LogP contribution in [0.4, 0.5) is 8.78 Å². The van der Waals surface area contributed by atoms with Crippen LogP contribution in [-0.4, -0.2) is 0 Å². The van der Waals surface area contributed by atoms with E-state index in [1.807, 2.05) is 12.1 Å². The van der Waals surface area contributed by atoms with Crippen LogP contribution in [-0.2, 0) is 5.92 Å². The molecular weight excluding hydrogens is 208 g/mol. The lowest BCUT2D eigenvalue weighted by Gasteiger charge is -2.13. The SMILES string of the molecule is N#CCC(F)(F)c1ccc2ccccc2c1. The third-order valence-electron chi connectivity index (χ3n) is 2.47. The van der Waals surface area contributed by atoms with Gasteiger partial charge < -0.3 is 0 Å². The van der Waals surface area contributed by atoms with Gasteiger partial charge in [-0.2, -0.15) is 5.26 Å². The molecular formula is C13H9F2N. The lowest BCUT2D eigenvalue weighted by atomic mass is 10.0. The zero-order valence-electron chi connectivity index (χ0n) is 8.45. The Morgan fingerprint density at radius 3 is 2.44 bits per heavy atom. The van der Waals surface area contributed by atoms with Crippen LogP contribution in [0, 0.1) is 11.3 Å². The molecule has 0 atom stereocenters. The van der Waals surface area contributed by atoms with Crippen molar-refractivity contribution in [2.24, 2.45) is 0 Å². The maximum Gasteiger partial charge on any atom is 0.286 e. The summed E-state index contributed by atoms with van der Waals surface area (Å²) in [6, 6.07) is 13.3. The zero-order valence-corrected chi connectivity index (χ0v) is 8.45. The number of hydrogen-bond donors (Lipinski definition) is 0. The molecule has 0 spiro atoms. The predicted octanol–water partition coefficient (Wildman–Crippen LogP) is 3.85. The summed E-state index contributed by atoms with van der Waals surface area (Å²) >= 11 is 0. The number of nitrogens with zero attached hydrogens (tertiary/aromatic N) is 1. The number of hydrogen-bond acceptors (Lipinski definition) is 1. The van der Waals surface area contributed by atoms with E-state index in [-0.39, 0.29) is 5.56 Å². The Kier molecular flexibility index (Phi) is 2.57. The fourth-order valence-electron chi connectivity index (χ4n) is 1.62. The molecule has 0 aromatic heterocycles. The number of nitriles is 1. The van der Waals surface area contributed by atoms with E-state index in [0.29, 0.717) is 0 Å². The average molecular weight is 217 g/mol. The molecule has 0 radical (unpaired) electrons. The van der Waals surface area contributed by atoms with Gasteiger partial charge in [0.1, 0.15) is 6.42 Å². The van der Waals surface area contributed by atoms with Crippen molar-refractivity contribution in [2.45, 2.75) is 12.3 Å². The van der Waals surface area contributed by atoms with E-state index in [4.69, 9.17) is 5.26 Å². The molecule has 3 heteroatoms. The Bertz CT molecular complexity index is 555. The normalized spacial score (nSPS) is 11.3. The van der Waals surface area contributed by atoms with Crippen LogP contribution in [0.2, 0.25) is 0 Å². The topological polar surface area (TPSA) is 23.8 Å². The fraction of sp³-hybridized carbons (Fsp3) is 0.154. The molecule has 80 valence electrons. The molecule has 16 heavy (non-hydrogen) atoms. The predicted molar refractivity (Wildman–Crippen MR) is 58.1 cm³/mol. The summed E-state index contributed by atoms with van der Waals surface area (Å²) in [5, 5.41) is 10.0. The van der Waals surface area contributed by atoms with Gasteiger partial charge >= 0.3 is 0 Å². The van der Waals surface area contributed by atoms with Crippen LogP contribution in [0.25, 0.3) is 10.8 Å². The highest BCUT2D eigenvalue weighted by Gasteiger charge is 2.31. The van der Waals surface area contributed by atoms with E-state index in [1.165, 1.54) is 18.2 Å². The fourth-order valence-corrected chi connectivity index (χ4v) is 1.62. The van der Waals surface area contributed by atoms with Crippen molar-refractivity contribution in [3.8, 4) is 6.07 Å². The lowest BCUT2D eigenvalue weighted by Crippen LogP contribution is -2.11. The van der Waals surface area contributed by atoms with Gasteiger partial charge in [0, 0.05) is 5.56 Å². The lowest BCUT2D eigenvalue weighted by molar-refractivity contribution is 0.00108. The van der Waals surface area contributed by atoms with Crippen LogP contribution in [0.3, 0.4) is 0 Å². The second-order valence-corrected chi connectivity index (χ2v) is 3.60. The Hall–Kier alpha value is -1.95. The van der Waals surface area contributed by atoms with Crippen LogP contribution in [0.15, 0.2) is 42.5 Å². The van der Waals surface area contributed by atoms with Crippen molar-refractivity contribution < 1.29 is 8.78 Å². The second-order valence-electron chi connectivity index (χ2n) is 3.60. The quantitative estimate of drug-likeness (QED) is 0.749. The standard InChI is InChI=1S/C13H9F2N/c14-13(15,7-8-16)12-6-5-10-3-1-2-4-11(10)9-12/h1-6,9H,7H2. The van der Waals surface area contributed by atoms with Crippen LogP contribution in [0.5, 0.6) is 0 Å². The van der Waals surface area contributed by atoms with E-state index in [1.54, 1.807) is 18.2 Å². The summed E-state index contributed by atoms with van der Waals surface area (Å²) in [5.41, 5.74) is -0.104. The maximum atomic E-state index is 13.5. The molecule has 0 amide bonds. The molecule has 0 saturated carbocycles. The number of halogens is 2. The third kappa shape index (κ3) is 1.87. The Morgan fingerprint density at radius 2 is 1.75 bits per heavy atom. The first-order valence-corrected chi connectivity index (χ1v) is 4.87. The molecule has 0 aliphatic rings. The molecule has 0 bridgehead atoms. The largest absolute Gasteiger partial charge is 0.286 e. The minimum Gasteiger partial charge on any atom is -0.200 e. The summed E-state index contributed by atoms with van der Waals surface area (Å²) in [7, 11) is 0. The summed E-state index contributed by atoms with van der Waals surface area (Å²) < 4.78 is 26.9. The van der Waals surface area contributed by atoms with Crippen molar-refractivity contribution in [2.75, 3.05) is 0 Å². The van der Waals surface area contributed by atoms with Gasteiger partial charge in [-0.25, -0.2) is 8.78 Å². The summed E-state index contributed by atoms with van der Waals surface area (Å²) in [6.07, 6.45) is -0.786. The van der Waals surface area contributed by atoms with E-state index in [0.717, 1.165) is 10.8 Å². The minimum absolute atomic E-state index is 0.104. The number of rotatable bonds is 2. The van der Waals surface area contributed by atoms with Gasteiger partial charge in [-0.1, -0.05) is 36.4 Å². The molecule has 2 rings (SSSR count). The highest BCUT2D eigenvalue weighted by molar-refractivity contribution is 5.83. The van der Waals surface area contributed by atoms with E-state index < -0.39 is 12.3 Å². The molecule has 0 heterocycles. The highest BCUT2D eigenvalue weighted by Crippen LogP contribution is 2.32. The summed E-state index contributed by atoms with van der Waals surface area (Å²) in [6.45, 7) is 0. The molecule has 0 saturated heterocycles. The van der Waals surface area contributed by atoms with Gasteiger partial charge in [-0.15, -0.1) is 0 Å². The Morgan fingerprint density at radius 1 is 1.06 bits per heavy atom. The van der Waals surface area contributed by atoms with Crippen molar-refractivity contribution >= 4 is 10.8 Å². The van der Waals surface area contributed by atoms with E-state index in [2.05, 4.69) is 0 Å². The van der Waals surface area contributed by atoms with Crippen molar-refractivity contribution in [3.05, 3.63) is 48.0 Å². The first-order chi connectivity index (χ1) is 7.63. The van der Waals surface area contributed by atoms with E-state index >= 15 is 0 Å². The average Bonchev–Trinajstić information content (AvgIpc) is 2.28. The summed E-state index contributed by atoms with van der Waals surface area (Å²) in [4.78, 5) is 0. The van der Waals surface area contributed by atoms with Crippen LogP contribution < -0.4 is 0 Å². The second kappa shape index (κ2) is 3.90. The molecule has 0 aliphatic carbocycles. The van der Waals surface area contributed by atoms with Gasteiger partial charge in [0.15, 0.2) is 0 Å². The smallest absolute Gasteiger partial charge is 0.200 e. The third-order valence-corrected chi connectivity index (χ3v) is 2.47. The van der Waals surface area contributed by atoms with Gasteiger partial charge in [0.2, 0.25) is 0 Å². The number of fused-ring (bicyclic) bond motifs is 1. The van der Waals surface area contributed by atoms with Crippen molar-refractivity contribution in [1.82, 2.24) is 0 Å². The Balaban J connectivity index is 2.51. The van der Waals surface area contributed by atoms with Crippen LogP contribution in [0.1, 0.15) is 12.0 Å². The summed E-state index contributed by atoms with van der Waals surface area (Å²) in [5.74, 6) is -3.07. The van der Waals surface area contributed by atoms with Gasteiger partial charge in [-0.05, 0) is 16.8 Å².